The van der Waals surface area contributed by atoms with Crippen molar-refractivity contribution in [3.05, 3.63) is 35.1 Å². The van der Waals surface area contributed by atoms with Gasteiger partial charge in [0.15, 0.2) is 5.78 Å². The topological polar surface area (TPSA) is 43.1 Å². The molecule has 0 aromatic heterocycles. The van der Waals surface area contributed by atoms with Gasteiger partial charge in [-0.2, -0.15) is 0 Å². The van der Waals surface area contributed by atoms with E-state index in [0.717, 1.165) is 19.3 Å². The minimum Gasteiger partial charge on any atom is -0.319 e. The summed E-state index contributed by atoms with van der Waals surface area (Å²) >= 11 is 0. The molecule has 0 amide bonds. The predicted octanol–water partition coefficient (Wildman–Crippen LogP) is 2.20. The van der Waals surface area contributed by atoms with Crippen LogP contribution in [0.15, 0.2) is 18.2 Å². The maximum Gasteiger partial charge on any atom is 0.182 e. The lowest BCUT2D eigenvalue weighted by Crippen LogP contribution is -2.53. The zero-order valence-electron chi connectivity index (χ0n) is 8.72. The van der Waals surface area contributed by atoms with Gasteiger partial charge in [-0.1, -0.05) is 0 Å². The Morgan fingerprint density at radius 3 is 2.60 bits per heavy atom. The van der Waals surface area contributed by atoms with Gasteiger partial charge in [0.05, 0.1) is 5.54 Å². The Kier molecular flexibility index (Phi) is 2.35. The molecule has 15 heavy (non-hydrogen) atoms. The molecule has 80 valence electrons. The van der Waals surface area contributed by atoms with E-state index in [9.17, 15) is 9.18 Å². The number of Topliss-reactive ketones (excluding diaryl/α,β-unsaturated/α-hetero) is 1. The fraction of sp³-hybridized carbons (Fsp3) is 0.417. The number of hydrogen-bond acceptors (Lipinski definition) is 2. The molecular weight excluding hydrogens is 193 g/mol. The summed E-state index contributed by atoms with van der Waals surface area (Å²) in [5.41, 5.74) is 6.47. The fourth-order valence-electron chi connectivity index (χ4n) is 1.93. The first-order valence-corrected chi connectivity index (χ1v) is 5.13. The van der Waals surface area contributed by atoms with Crippen molar-refractivity contribution in [1.82, 2.24) is 0 Å². The predicted molar refractivity (Wildman–Crippen MR) is 56.2 cm³/mol. The SMILES string of the molecule is Cc1cc(F)ccc1C(=O)C1(N)CCC1. The lowest BCUT2D eigenvalue weighted by Gasteiger charge is -2.36. The summed E-state index contributed by atoms with van der Waals surface area (Å²) in [4.78, 5) is 12.0. The highest BCUT2D eigenvalue weighted by molar-refractivity contribution is 6.04. The molecule has 0 spiro atoms. The van der Waals surface area contributed by atoms with Crippen molar-refractivity contribution >= 4 is 5.78 Å². The quantitative estimate of drug-likeness (QED) is 0.755. The van der Waals surface area contributed by atoms with Gasteiger partial charge < -0.3 is 5.73 Å². The summed E-state index contributed by atoms with van der Waals surface area (Å²) in [6.07, 6.45) is 2.48. The highest BCUT2D eigenvalue weighted by atomic mass is 19.1. The van der Waals surface area contributed by atoms with Crippen LogP contribution in [0.25, 0.3) is 0 Å². The molecular formula is C12H14FNO. The van der Waals surface area contributed by atoms with Crippen molar-refractivity contribution in [3.63, 3.8) is 0 Å². The number of benzene rings is 1. The highest BCUT2D eigenvalue weighted by Crippen LogP contribution is 2.33. The van der Waals surface area contributed by atoms with Gasteiger partial charge in [-0.25, -0.2) is 4.39 Å². The van der Waals surface area contributed by atoms with Crippen molar-refractivity contribution in [3.8, 4) is 0 Å². The zero-order chi connectivity index (χ0) is 11.1. The summed E-state index contributed by atoms with van der Waals surface area (Å²) in [5, 5.41) is 0. The van der Waals surface area contributed by atoms with Gasteiger partial charge in [0, 0.05) is 5.56 Å². The molecule has 0 bridgehead atoms. The van der Waals surface area contributed by atoms with E-state index in [1.165, 1.54) is 18.2 Å². The standard InChI is InChI=1S/C12H14FNO/c1-8-7-9(13)3-4-10(8)11(15)12(14)5-2-6-12/h3-4,7H,2,5-6,14H2,1H3. The third-order valence-corrected chi connectivity index (χ3v) is 3.13. The molecule has 2 nitrogen and oxygen atoms in total. The van der Waals surface area contributed by atoms with Gasteiger partial charge in [-0.15, -0.1) is 0 Å². The summed E-state index contributed by atoms with van der Waals surface area (Å²) in [6.45, 7) is 1.73. The van der Waals surface area contributed by atoms with Crippen LogP contribution in [0.4, 0.5) is 4.39 Å². The van der Waals surface area contributed by atoms with Crippen molar-refractivity contribution in [1.29, 1.82) is 0 Å². The van der Waals surface area contributed by atoms with E-state index in [2.05, 4.69) is 0 Å². The third kappa shape index (κ3) is 1.67. The van der Waals surface area contributed by atoms with Crippen LogP contribution in [0.3, 0.4) is 0 Å². The largest absolute Gasteiger partial charge is 0.319 e. The van der Waals surface area contributed by atoms with E-state index in [1.54, 1.807) is 6.92 Å². The van der Waals surface area contributed by atoms with Crippen molar-refractivity contribution in [2.45, 2.75) is 31.7 Å². The van der Waals surface area contributed by atoms with Crippen molar-refractivity contribution in [2.24, 2.45) is 5.73 Å². The number of hydrogen-bond donors (Lipinski definition) is 1. The van der Waals surface area contributed by atoms with Crippen LogP contribution in [-0.2, 0) is 0 Å². The second kappa shape index (κ2) is 3.42. The number of nitrogens with two attached hydrogens (primary N) is 1. The van der Waals surface area contributed by atoms with E-state index in [1.807, 2.05) is 0 Å². The Hall–Kier alpha value is -1.22. The molecule has 0 heterocycles. The molecule has 0 aliphatic heterocycles. The molecule has 0 unspecified atom stereocenters. The molecule has 1 aliphatic rings. The first-order chi connectivity index (χ1) is 7.03. The van der Waals surface area contributed by atoms with Crippen LogP contribution in [-0.4, -0.2) is 11.3 Å². The Balaban J connectivity index is 2.33. The molecule has 1 fully saturated rings. The van der Waals surface area contributed by atoms with Crippen molar-refractivity contribution in [2.75, 3.05) is 0 Å². The molecule has 2 rings (SSSR count). The van der Waals surface area contributed by atoms with Gasteiger partial charge in [0.2, 0.25) is 0 Å². The van der Waals surface area contributed by atoms with E-state index >= 15 is 0 Å². The summed E-state index contributed by atoms with van der Waals surface area (Å²) in [5.74, 6) is -0.366. The molecule has 1 aliphatic carbocycles. The lowest BCUT2D eigenvalue weighted by molar-refractivity contribution is 0.0800. The van der Waals surface area contributed by atoms with Crippen LogP contribution in [0, 0.1) is 12.7 Å². The summed E-state index contributed by atoms with van der Waals surface area (Å²) in [6, 6.07) is 4.21. The zero-order valence-corrected chi connectivity index (χ0v) is 8.72. The second-order valence-corrected chi connectivity index (χ2v) is 4.30. The number of carbonyl (C=O) groups is 1. The van der Waals surface area contributed by atoms with Gasteiger partial charge in [0.25, 0.3) is 0 Å². The summed E-state index contributed by atoms with van der Waals surface area (Å²) in [7, 11) is 0. The van der Waals surface area contributed by atoms with Crippen LogP contribution in [0.2, 0.25) is 0 Å². The molecule has 1 aromatic rings. The van der Waals surface area contributed by atoms with Gasteiger partial charge in [0.1, 0.15) is 5.82 Å². The Morgan fingerprint density at radius 2 is 2.13 bits per heavy atom. The third-order valence-electron chi connectivity index (χ3n) is 3.13. The van der Waals surface area contributed by atoms with Gasteiger partial charge >= 0.3 is 0 Å². The highest BCUT2D eigenvalue weighted by Gasteiger charge is 2.40. The van der Waals surface area contributed by atoms with E-state index in [0.29, 0.717) is 11.1 Å². The normalized spacial score (nSPS) is 18.3. The maximum atomic E-state index is 12.9. The van der Waals surface area contributed by atoms with Crippen LogP contribution in [0.5, 0.6) is 0 Å². The monoisotopic (exact) mass is 207 g/mol. The average Bonchev–Trinajstić information content (AvgIpc) is 2.13. The number of aryl methyl sites for hydroxylation is 1. The van der Waals surface area contributed by atoms with E-state index in [4.69, 9.17) is 5.73 Å². The molecule has 1 aromatic carbocycles. The first kappa shape index (κ1) is 10.3. The molecule has 0 atom stereocenters. The Bertz CT molecular complexity index is 410. The average molecular weight is 207 g/mol. The molecule has 2 N–H and O–H groups in total. The van der Waals surface area contributed by atoms with Gasteiger partial charge in [-0.3, -0.25) is 4.79 Å². The van der Waals surface area contributed by atoms with Crippen molar-refractivity contribution < 1.29 is 9.18 Å². The lowest BCUT2D eigenvalue weighted by atomic mass is 9.72. The van der Waals surface area contributed by atoms with E-state index in [-0.39, 0.29) is 11.6 Å². The van der Waals surface area contributed by atoms with Crippen LogP contribution < -0.4 is 5.73 Å². The number of ketones is 1. The first-order valence-electron chi connectivity index (χ1n) is 5.13. The maximum absolute atomic E-state index is 12.9. The minimum atomic E-state index is -0.692. The smallest absolute Gasteiger partial charge is 0.182 e. The fourth-order valence-corrected chi connectivity index (χ4v) is 1.93. The summed E-state index contributed by atoms with van der Waals surface area (Å²) < 4.78 is 12.9. The number of rotatable bonds is 2. The molecule has 1 saturated carbocycles. The molecule has 3 heteroatoms. The Morgan fingerprint density at radius 1 is 1.47 bits per heavy atom. The molecule has 0 saturated heterocycles. The second-order valence-electron chi connectivity index (χ2n) is 4.30. The van der Waals surface area contributed by atoms with Gasteiger partial charge in [-0.05, 0) is 49.9 Å². The number of carbonyl (C=O) groups excluding carboxylic acids is 1. The minimum absolute atomic E-state index is 0.0498. The van der Waals surface area contributed by atoms with E-state index < -0.39 is 5.54 Å². The Labute approximate surface area is 88.3 Å². The van der Waals surface area contributed by atoms with Crippen LogP contribution in [0.1, 0.15) is 35.2 Å². The number of halogens is 1. The van der Waals surface area contributed by atoms with Crippen LogP contribution >= 0.6 is 0 Å². The molecule has 0 radical (unpaired) electrons.